The summed E-state index contributed by atoms with van der Waals surface area (Å²) in [7, 11) is 0. The third-order valence-electron chi connectivity index (χ3n) is 1.48. The molecule has 0 fully saturated rings. The summed E-state index contributed by atoms with van der Waals surface area (Å²) in [6.45, 7) is 5.99. The van der Waals surface area contributed by atoms with Crippen molar-refractivity contribution in [2.45, 2.75) is 39.7 Å². The van der Waals surface area contributed by atoms with Crippen LogP contribution in [0.1, 0.15) is 33.6 Å². The predicted molar refractivity (Wildman–Crippen MR) is 51.3 cm³/mol. The first-order valence-electron chi connectivity index (χ1n) is 4.55. The first-order chi connectivity index (χ1) is 6.06. The fourth-order valence-electron chi connectivity index (χ4n) is 0.967. The second-order valence-corrected chi connectivity index (χ2v) is 3.16. The SMILES string of the molecule is CCOC(=O)CCC(O)C=C(C)C. The molecule has 0 saturated heterocycles. The van der Waals surface area contributed by atoms with Crippen LogP contribution in [0.2, 0.25) is 0 Å². The quantitative estimate of drug-likeness (QED) is 0.524. The molecule has 76 valence electrons. The predicted octanol–water partition coefficient (Wildman–Crippen LogP) is 1.66. The van der Waals surface area contributed by atoms with Crippen molar-refractivity contribution in [1.29, 1.82) is 0 Å². The lowest BCUT2D eigenvalue weighted by Crippen LogP contribution is -2.09. The van der Waals surface area contributed by atoms with E-state index in [0.29, 0.717) is 13.0 Å². The van der Waals surface area contributed by atoms with E-state index < -0.39 is 6.10 Å². The van der Waals surface area contributed by atoms with E-state index in [-0.39, 0.29) is 12.4 Å². The van der Waals surface area contributed by atoms with Crippen molar-refractivity contribution in [2.24, 2.45) is 0 Å². The van der Waals surface area contributed by atoms with Crippen molar-refractivity contribution >= 4 is 5.97 Å². The highest BCUT2D eigenvalue weighted by Crippen LogP contribution is 2.03. The van der Waals surface area contributed by atoms with Gasteiger partial charge in [0.25, 0.3) is 0 Å². The zero-order valence-electron chi connectivity index (χ0n) is 8.54. The molecule has 0 saturated carbocycles. The summed E-state index contributed by atoms with van der Waals surface area (Å²) in [4.78, 5) is 10.9. The molecule has 1 unspecified atom stereocenters. The topological polar surface area (TPSA) is 46.5 Å². The van der Waals surface area contributed by atoms with Crippen LogP contribution in [0.25, 0.3) is 0 Å². The molecule has 0 aliphatic heterocycles. The number of allylic oxidation sites excluding steroid dienone is 1. The molecule has 13 heavy (non-hydrogen) atoms. The molecule has 0 rings (SSSR count). The molecule has 0 heterocycles. The maximum atomic E-state index is 10.9. The van der Waals surface area contributed by atoms with Crippen LogP contribution in [0.3, 0.4) is 0 Å². The van der Waals surface area contributed by atoms with Crippen LogP contribution in [-0.2, 0) is 9.53 Å². The largest absolute Gasteiger partial charge is 0.466 e. The fraction of sp³-hybridized carbons (Fsp3) is 0.700. The number of hydrogen-bond acceptors (Lipinski definition) is 3. The Kier molecular flexibility index (Phi) is 6.24. The zero-order valence-corrected chi connectivity index (χ0v) is 8.54. The summed E-state index contributed by atoms with van der Waals surface area (Å²) >= 11 is 0. The van der Waals surface area contributed by atoms with Crippen molar-refractivity contribution in [1.82, 2.24) is 0 Å². The molecule has 0 bridgehead atoms. The lowest BCUT2D eigenvalue weighted by atomic mass is 10.1. The first kappa shape index (κ1) is 12.2. The molecule has 0 aromatic rings. The minimum Gasteiger partial charge on any atom is -0.466 e. The van der Waals surface area contributed by atoms with Gasteiger partial charge in [0.15, 0.2) is 0 Å². The molecule has 3 nitrogen and oxygen atoms in total. The summed E-state index contributed by atoms with van der Waals surface area (Å²) in [6.07, 6.45) is 1.91. The Morgan fingerprint density at radius 2 is 2.15 bits per heavy atom. The number of esters is 1. The molecule has 0 aromatic carbocycles. The second kappa shape index (κ2) is 6.66. The Bertz CT molecular complexity index is 181. The molecule has 1 N–H and O–H groups in total. The van der Waals surface area contributed by atoms with Crippen LogP contribution in [0.4, 0.5) is 0 Å². The van der Waals surface area contributed by atoms with Gasteiger partial charge in [-0.15, -0.1) is 0 Å². The van der Waals surface area contributed by atoms with E-state index in [0.717, 1.165) is 5.57 Å². The van der Waals surface area contributed by atoms with E-state index in [1.54, 1.807) is 13.0 Å². The number of aliphatic hydroxyl groups is 1. The number of rotatable bonds is 5. The van der Waals surface area contributed by atoms with E-state index in [4.69, 9.17) is 4.74 Å². The molecular weight excluding hydrogens is 168 g/mol. The summed E-state index contributed by atoms with van der Waals surface area (Å²) < 4.78 is 4.73. The van der Waals surface area contributed by atoms with E-state index in [2.05, 4.69) is 0 Å². The number of aliphatic hydroxyl groups excluding tert-OH is 1. The van der Waals surface area contributed by atoms with Crippen LogP contribution in [0, 0.1) is 0 Å². The van der Waals surface area contributed by atoms with Gasteiger partial charge in [0.1, 0.15) is 0 Å². The molecule has 0 aliphatic rings. The highest BCUT2D eigenvalue weighted by Gasteiger charge is 2.05. The maximum Gasteiger partial charge on any atom is 0.305 e. The third kappa shape index (κ3) is 7.53. The highest BCUT2D eigenvalue weighted by molar-refractivity contribution is 5.69. The number of ether oxygens (including phenoxy) is 1. The molecule has 1 atom stereocenters. The summed E-state index contributed by atoms with van der Waals surface area (Å²) in [5.74, 6) is -0.247. The Labute approximate surface area is 79.4 Å². The minimum atomic E-state index is -0.533. The summed E-state index contributed by atoms with van der Waals surface area (Å²) in [5, 5.41) is 9.35. The van der Waals surface area contributed by atoms with Crippen molar-refractivity contribution in [2.75, 3.05) is 6.61 Å². The van der Waals surface area contributed by atoms with Crippen molar-refractivity contribution in [3.63, 3.8) is 0 Å². The lowest BCUT2D eigenvalue weighted by molar-refractivity contribution is -0.143. The molecule has 0 aromatic heterocycles. The number of carbonyl (C=O) groups excluding carboxylic acids is 1. The average Bonchev–Trinajstić information content (AvgIpc) is 2.00. The fourth-order valence-corrected chi connectivity index (χ4v) is 0.967. The van der Waals surface area contributed by atoms with Gasteiger partial charge in [-0.05, 0) is 27.2 Å². The Morgan fingerprint density at radius 3 is 2.62 bits per heavy atom. The standard InChI is InChI=1S/C10H18O3/c1-4-13-10(12)6-5-9(11)7-8(2)3/h7,9,11H,4-6H2,1-3H3. The van der Waals surface area contributed by atoms with E-state index in [9.17, 15) is 9.90 Å². The first-order valence-corrected chi connectivity index (χ1v) is 4.55. The molecule has 3 heteroatoms. The highest BCUT2D eigenvalue weighted by atomic mass is 16.5. The van der Waals surface area contributed by atoms with E-state index >= 15 is 0 Å². The Morgan fingerprint density at radius 1 is 1.54 bits per heavy atom. The van der Waals surface area contributed by atoms with Crippen molar-refractivity contribution in [3.05, 3.63) is 11.6 Å². The molecule has 0 radical (unpaired) electrons. The molecule has 0 spiro atoms. The van der Waals surface area contributed by atoms with Gasteiger partial charge in [0.2, 0.25) is 0 Å². The number of carbonyl (C=O) groups is 1. The van der Waals surface area contributed by atoms with Crippen molar-refractivity contribution < 1.29 is 14.6 Å². The zero-order chi connectivity index (χ0) is 10.3. The molecule has 0 amide bonds. The van der Waals surface area contributed by atoms with Crippen LogP contribution >= 0.6 is 0 Å². The monoisotopic (exact) mass is 186 g/mol. The second-order valence-electron chi connectivity index (χ2n) is 3.16. The van der Waals surface area contributed by atoms with Gasteiger partial charge in [-0.25, -0.2) is 0 Å². The maximum absolute atomic E-state index is 10.9. The average molecular weight is 186 g/mol. The summed E-state index contributed by atoms with van der Waals surface area (Å²) in [5.41, 5.74) is 1.05. The smallest absolute Gasteiger partial charge is 0.305 e. The van der Waals surface area contributed by atoms with Crippen LogP contribution in [0.15, 0.2) is 11.6 Å². The van der Waals surface area contributed by atoms with Gasteiger partial charge in [-0.3, -0.25) is 4.79 Å². The van der Waals surface area contributed by atoms with Gasteiger partial charge in [-0.2, -0.15) is 0 Å². The van der Waals surface area contributed by atoms with Gasteiger partial charge < -0.3 is 9.84 Å². The van der Waals surface area contributed by atoms with Gasteiger partial charge in [0, 0.05) is 6.42 Å². The molecule has 0 aliphatic carbocycles. The number of hydrogen-bond donors (Lipinski definition) is 1. The molecular formula is C10H18O3. The Balaban J connectivity index is 3.64. The van der Waals surface area contributed by atoms with Crippen LogP contribution in [-0.4, -0.2) is 23.8 Å². The lowest BCUT2D eigenvalue weighted by Gasteiger charge is -2.05. The van der Waals surface area contributed by atoms with Crippen LogP contribution < -0.4 is 0 Å². The Hall–Kier alpha value is -0.830. The van der Waals surface area contributed by atoms with E-state index in [1.807, 2.05) is 13.8 Å². The van der Waals surface area contributed by atoms with Gasteiger partial charge >= 0.3 is 5.97 Å². The summed E-state index contributed by atoms with van der Waals surface area (Å²) in [6, 6.07) is 0. The van der Waals surface area contributed by atoms with E-state index in [1.165, 1.54) is 0 Å². The van der Waals surface area contributed by atoms with Gasteiger partial charge in [-0.1, -0.05) is 11.6 Å². The van der Waals surface area contributed by atoms with Gasteiger partial charge in [0.05, 0.1) is 12.7 Å². The van der Waals surface area contributed by atoms with Crippen LogP contribution in [0.5, 0.6) is 0 Å². The minimum absolute atomic E-state index is 0.247. The normalized spacial score (nSPS) is 12.0. The third-order valence-corrected chi connectivity index (χ3v) is 1.48. The van der Waals surface area contributed by atoms with Crippen molar-refractivity contribution in [3.8, 4) is 0 Å².